The van der Waals surface area contributed by atoms with Gasteiger partial charge in [-0.3, -0.25) is 4.57 Å². The van der Waals surface area contributed by atoms with E-state index in [-0.39, 0.29) is 5.82 Å². The number of aliphatic hydroxyl groups is 1. The number of azide groups is 1. The molecule has 3 N–H and O–H groups in total. The second-order valence-corrected chi connectivity index (χ2v) is 4.41. The fourth-order valence-electron chi connectivity index (χ4n) is 2.10. The highest BCUT2D eigenvalue weighted by atomic mass is 19.1. The molecule has 0 radical (unpaired) electrons. The van der Waals surface area contributed by atoms with Gasteiger partial charge in [0.15, 0.2) is 12.4 Å². The fourth-order valence-corrected chi connectivity index (χ4v) is 2.10. The smallest absolute Gasteiger partial charge is 0.351 e. The normalized spacial score (nSPS) is 31.9. The maximum absolute atomic E-state index is 14.3. The van der Waals surface area contributed by atoms with Gasteiger partial charge >= 0.3 is 5.69 Å². The van der Waals surface area contributed by atoms with Gasteiger partial charge in [0.25, 0.3) is 0 Å². The van der Waals surface area contributed by atoms with Crippen molar-refractivity contribution in [2.45, 2.75) is 24.2 Å². The Morgan fingerprint density at radius 3 is 3.10 bits per heavy atom. The monoisotopic (exact) mass is 300 g/mol. The average Bonchev–Trinajstić information content (AvgIpc) is 2.66. The van der Waals surface area contributed by atoms with E-state index >= 15 is 0 Å². The quantitative estimate of drug-likeness (QED) is 0.443. The third-order valence-electron chi connectivity index (χ3n) is 3.04. The Labute approximate surface area is 117 Å². The number of aliphatic hydroxyl groups excluding tert-OH is 1. The van der Waals surface area contributed by atoms with Crippen LogP contribution in [-0.4, -0.2) is 46.4 Å². The van der Waals surface area contributed by atoms with Crippen molar-refractivity contribution in [1.29, 1.82) is 0 Å². The van der Waals surface area contributed by atoms with Crippen molar-refractivity contribution in [3.8, 4) is 0 Å². The van der Waals surface area contributed by atoms with Gasteiger partial charge < -0.3 is 20.3 Å². The number of aromatic nitrogens is 2. The maximum atomic E-state index is 14.3. The summed E-state index contributed by atoms with van der Waals surface area (Å²) >= 11 is 0. The summed E-state index contributed by atoms with van der Waals surface area (Å²) in [7, 11) is 1.25. The van der Waals surface area contributed by atoms with Crippen molar-refractivity contribution in [3.63, 3.8) is 0 Å². The number of nitrogens with zero attached hydrogens (tertiary/aromatic N) is 5. The van der Waals surface area contributed by atoms with E-state index in [1.165, 1.54) is 19.4 Å². The van der Waals surface area contributed by atoms with Crippen molar-refractivity contribution in [2.75, 3.05) is 19.5 Å². The summed E-state index contributed by atoms with van der Waals surface area (Å²) in [6, 6.07) is 1.29. The van der Waals surface area contributed by atoms with Crippen LogP contribution in [0.3, 0.4) is 0 Å². The number of alkyl halides is 1. The van der Waals surface area contributed by atoms with Crippen molar-refractivity contribution in [2.24, 2.45) is 5.11 Å². The van der Waals surface area contributed by atoms with Gasteiger partial charge in [-0.15, -0.1) is 0 Å². The van der Waals surface area contributed by atoms with Crippen molar-refractivity contribution in [1.82, 2.24) is 9.55 Å². The minimum absolute atomic E-state index is 0.0289. The molecule has 1 saturated heterocycles. The zero-order valence-electron chi connectivity index (χ0n) is 11.0. The number of ether oxygens (including phenoxy) is 2. The lowest BCUT2D eigenvalue weighted by atomic mass is 10.1. The fraction of sp³-hybridized carbons (Fsp3) is 0.600. The number of anilines is 1. The Morgan fingerprint density at radius 1 is 1.81 bits per heavy atom. The summed E-state index contributed by atoms with van der Waals surface area (Å²) in [4.78, 5) is 17.7. The van der Waals surface area contributed by atoms with E-state index in [0.29, 0.717) is 0 Å². The van der Waals surface area contributed by atoms with Crippen LogP contribution in [0.4, 0.5) is 10.2 Å². The van der Waals surface area contributed by atoms with Crippen LogP contribution in [0.1, 0.15) is 6.23 Å². The Kier molecular flexibility index (Phi) is 4.09. The van der Waals surface area contributed by atoms with Crippen LogP contribution < -0.4 is 11.4 Å². The van der Waals surface area contributed by atoms with Gasteiger partial charge in [0.1, 0.15) is 11.9 Å². The molecule has 0 bridgehead atoms. The molecule has 114 valence electrons. The number of nitrogens with two attached hydrogens (primary N) is 1. The number of nitrogen functional groups attached to an aromatic ring is 1. The van der Waals surface area contributed by atoms with Gasteiger partial charge in [0, 0.05) is 18.2 Å². The molecule has 1 fully saturated rings. The third kappa shape index (κ3) is 2.54. The van der Waals surface area contributed by atoms with E-state index in [4.69, 9.17) is 20.7 Å². The van der Waals surface area contributed by atoms with Crippen LogP contribution in [0.2, 0.25) is 0 Å². The summed E-state index contributed by atoms with van der Waals surface area (Å²) in [5, 5.41) is 13.2. The van der Waals surface area contributed by atoms with Crippen LogP contribution in [0.5, 0.6) is 0 Å². The number of hydrogen-bond donors (Lipinski definition) is 2. The highest BCUT2D eigenvalue weighted by Crippen LogP contribution is 2.40. The lowest BCUT2D eigenvalue weighted by Crippen LogP contribution is -2.42. The topological polar surface area (TPSA) is 148 Å². The lowest BCUT2D eigenvalue weighted by molar-refractivity contribution is -0.122. The van der Waals surface area contributed by atoms with Crippen LogP contribution in [0.25, 0.3) is 10.4 Å². The zero-order valence-corrected chi connectivity index (χ0v) is 11.0. The molecule has 0 spiro atoms. The zero-order chi connectivity index (χ0) is 15.6. The molecule has 1 aliphatic rings. The standard InChI is InChI=1S/C10H13FN6O4/c1-20-4-10(15-16-13)7(11)6(18)8(21-10)17-3-2-5(12)14-9(17)19/h2-3,6-8,18H,4H2,1H3,(H2,12,14,19)/t6-,7+,8-,10-/m1/s1. The summed E-state index contributed by atoms with van der Waals surface area (Å²) in [6.07, 6.45) is -4.04. The van der Waals surface area contributed by atoms with E-state index in [1.807, 2.05) is 0 Å². The summed E-state index contributed by atoms with van der Waals surface area (Å²) in [5.74, 6) is -0.0289. The van der Waals surface area contributed by atoms with Crippen LogP contribution in [0.15, 0.2) is 22.2 Å². The summed E-state index contributed by atoms with van der Waals surface area (Å²) in [6.45, 7) is -0.428. The molecule has 0 aliphatic carbocycles. The highest BCUT2D eigenvalue weighted by Gasteiger charge is 2.56. The first kappa shape index (κ1) is 15.2. The Hall–Kier alpha value is -2.20. The first-order chi connectivity index (χ1) is 9.95. The van der Waals surface area contributed by atoms with E-state index in [0.717, 1.165) is 4.57 Å². The molecule has 0 unspecified atom stereocenters. The Morgan fingerprint density at radius 2 is 2.52 bits per heavy atom. The van der Waals surface area contributed by atoms with Crippen molar-refractivity contribution >= 4 is 5.82 Å². The highest BCUT2D eigenvalue weighted by molar-refractivity contribution is 5.23. The second-order valence-electron chi connectivity index (χ2n) is 4.41. The Balaban J connectivity index is 2.43. The van der Waals surface area contributed by atoms with Gasteiger partial charge in [-0.2, -0.15) is 4.98 Å². The van der Waals surface area contributed by atoms with Crippen molar-refractivity contribution in [3.05, 3.63) is 33.2 Å². The molecular formula is C10H13FN6O4. The molecule has 0 saturated carbocycles. The molecule has 2 rings (SSSR count). The number of rotatable bonds is 4. The summed E-state index contributed by atoms with van der Waals surface area (Å²) in [5.41, 5.74) is 11.0. The summed E-state index contributed by atoms with van der Waals surface area (Å²) < 4.78 is 25.2. The van der Waals surface area contributed by atoms with Gasteiger partial charge in [-0.25, -0.2) is 9.18 Å². The van der Waals surface area contributed by atoms with Gasteiger partial charge in [-0.05, 0) is 11.6 Å². The SMILES string of the molecule is COC[C@@]1(N=[N+]=[N-])O[C@@H](n2ccc(N)nc2=O)[C@H](O)[C@@H]1F. The molecule has 2 heterocycles. The molecule has 11 heteroatoms. The first-order valence-corrected chi connectivity index (χ1v) is 5.85. The van der Waals surface area contributed by atoms with Gasteiger partial charge in [0.05, 0.1) is 6.61 Å². The molecule has 4 atom stereocenters. The van der Waals surface area contributed by atoms with Gasteiger partial charge in [-0.1, -0.05) is 5.11 Å². The molecule has 0 amide bonds. The van der Waals surface area contributed by atoms with Gasteiger partial charge in [0.2, 0.25) is 5.72 Å². The lowest BCUT2D eigenvalue weighted by Gasteiger charge is -2.24. The van der Waals surface area contributed by atoms with E-state index in [1.54, 1.807) is 0 Å². The molecule has 1 aromatic rings. The largest absolute Gasteiger partial charge is 0.385 e. The molecule has 0 aromatic carbocycles. The predicted octanol–water partition coefficient (Wildman–Crippen LogP) is -0.294. The van der Waals surface area contributed by atoms with Crippen LogP contribution >= 0.6 is 0 Å². The van der Waals surface area contributed by atoms with Crippen LogP contribution in [0, 0.1) is 0 Å². The molecule has 1 aliphatic heterocycles. The minimum Gasteiger partial charge on any atom is -0.385 e. The molecular weight excluding hydrogens is 287 g/mol. The number of methoxy groups -OCH3 is 1. The van der Waals surface area contributed by atoms with E-state index < -0.39 is 36.5 Å². The predicted molar refractivity (Wildman–Crippen MR) is 67.7 cm³/mol. The third-order valence-corrected chi connectivity index (χ3v) is 3.04. The average molecular weight is 300 g/mol. The molecule has 21 heavy (non-hydrogen) atoms. The second kappa shape index (κ2) is 5.66. The molecule has 1 aromatic heterocycles. The Bertz CT molecular complexity index is 632. The number of hydrogen-bond acceptors (Lipinski definition) is 7. The maximum Gasteiger partial charge on any atom is 0.351 e. The first-order valence-electron chi connectivity index (χ1n) is 5.85. The number of halogens is 1. The molecule has 10 nitrogen and oxygen atoms in total. The van der Waals surface area contributed by atoms with E-state index in [9.17, 15) is 14.3 Å². The van der Waals surface area contributed by atoms with E-state index in [2.05, 4.69) is 15.0 Å². The minimum atomic E-state index is -2.08. The van der Waals surface area contributed by atoms with Crippen LogP contribution in [-0.2, 0) is 9.47 Å². The van der Waals surface area contributed by atoms with Crippen molar-refractivity contribution < 1.29 is 19.0 Å².